The van der Waals surface area contributed by atoms with Crippen molar-refractivity contribution >= 4 is 11.5 Å². The van der Waals surface area contributed by atoms with Crippen LogP contribution in [0, 0.1) is 12.7 Å². The van der Waals surface area contributed by atoms with E-state index in [1.807, 2.05) is 13.8 Å². The molecule has 0 unspecified atom stereocenters. The number of anilines is 1. The Hall–Kier alpha value is -1.42. The lowest BCUT2D eigenvalue weighted by Crippen LogP contribution is -2.46. The van der Waals surface area contributed by atoms with Gasteiger partial charge in [-0.05, 0) is 45.4 Å². The van der Waals surface area contributed by atoms with E-state index < -0.39 is 0 Å². The number of ether oxygens (including phenoxy) is 1. The number of benzene rings is 1. The SMILES string of the molecule is CC(=O)c1cc(F)c(C)cc1N1C[C@@H](C)O[C@@H](C)C1. The van der Waals surface area contributed by atoms with E-state index in [0.29, 0.717) is 11.1 Å². The van der Waals surface area contributed by atoms with Crippen molar-refractivity contribution in [3.63, 3.8) is 0 Å². The maximum Gasteiger partial charge on any atom is 0.161 e. The van der Waals surface area contributed by atoms with Gasteiger partial charge in [0.25, 0.3) is 0 Å². The molecule has 4 heteroatoms. The van der Waals surface area contributed by atoms with Crippen LogP contribution in [0.25, 0.3) is 0 Å². The Bertz CT molecular complexity index is 491. The number of Topliss-reactive ketones (excluding diaryl/α,β-unsaturated/α-hetero) is 1. The van der Waals surface area contributed by atoms with Crippen LogP contribution in [0.4, 0.5) is 10.1 Å². The van der Waals surface area contributed by atoms with Gasteiger partial charge >= 0.3 is 0 Å². The van der Waals surface area contributed by atoms with E-state index in [0.717, 1.165) is 18.8 Å². The highest BCUT2D eigenvalue weighted by Gasteiger charge is 2.25. The second-order valence-electron chi connectivity index (χ2n) is 5.34. The zero-order chi connectivity index (χ0) is 14.2. The number of rotatable bonds is 2. The molecule has 0 radical (unpaired) electrons. The molecule has 1 fully saturated rings. The molecule has 0 aromatic heterocycles. The van der Waals surface area contributed by atoms with Crippen molar-refractivity contribution < 1.29 is 13.9 Å². The predicted octanol–water partition coefficient (Wildman–Crippen LogP) is 2.95. The fraction of sp³-hybridized carbons (Fsp3) is 0.533. The van der Waals surface area contributed by atoms with Crippen LogP contribution in [0.2, 0.25) is 0 Å². The molecule has 2 atom stereocenters. The van der Waals surface area contributed by atoms with E-state index in [1.165, 1.54) is 13.0 Å². The van der Waals surface area contributed by atoms with Crippen molar-refractivity contribution in [3.05, 3.63) is 29.1 Å². The number of carbonyl (C=O) groups is 1. The zero-order valence-corrected chi connectivity index (χ0v) is 11.9. The van der Waals surface area contributed by atoms with Gasteiger partial charge in [0.1, 0.15) is 5.82 Å². The van der Waals surface area contributed by atoms with Gasteiger partial charge in [-0.15, -0.1) is 0 Å². The van der Waals surface area contributed by atoms with E-state index in [2.05, 4.69) is 4.90 Å². The molecule has 104 valence electrons. The summed E-state index contributed by atoms with van der Waals surface area (Å²) < 4.78 is 19.3. The third-order valence-electron chi connectivity index (χ3n) is 3.42. The molecular formula is C15H20FNO2. The minimum absolute atomic E-state index is 0.105. The molecule has 1 aliphatic heterocycles. The van der Waals surface area contributed by atoms with Gasteiger partial charge in [-0.25, -0.2) is 4.39 Å². The summed E-state index contributed by atoms with van der Waals surface area (Å²) in [5.41, 5.74) is 1.82. The summed E-state index contributed by atoms with van der Waals surface area (Å²) in [6.07, 6.45) is 0.211. The molecule has 1 aliphatic rings. The molecule has 1 saturated heterocycles. The van der Waals surface area contributed by atoms with Gasteiger partial charge in [0, 0.05) is 24.3 Å². The van der Waals surface area contributed by atoms with Crippen molar-refractivity contribution in [2.75, 3.05) is 18.0 Å². The minimum atomic E-state index is -0.330. The first-order valence-electron chi connectivity index (χ1n) is 6.60. The summed E-state index contributed by atoms with van der Waals surface area (Å²) >= 11 is 0. The average Bonchev–Trinajstić information content (AvgIpc) is 2.30. The summed E-state index contributed by atoms with van der Waals surface area (Å²) in [6.45, 7) is 8.64. The number of hydrogen-bond acceptors (Lipinski definition) is 3. The van der Waals surface area contributed by atoms with Crippen LogP contribution in [0.1, 0.15) is 36.7 Å². The number of carbonyl (C=O) groups excluding carboxylic acids is 1. The predicted molar refractivity (Wildman–Crippen MR) is 73.4 cm³/mol. The number of nitrogens with zero attached hydrogens (tertiary/aromatic N) is 1. The Labute approximate surface area is 113 Å². The van der Waals surface area contributed by atoms with Crippen LogP contribution < -0.4 is 4.90 Å². The third-order valence-corrected chi connectivity index (χ3v) is 3.42. The Balaban J connectivity index is 2.42. The molecule has 1 aromatic rings. The van der Waals surface area contributed by atoms with Crippen molar-refractivity contribution in [1.82, 2.24) is 0 Å². The van der Waals surface area contributed by atoms with Crippen molar-refractivity contribution in [1.29, 1.82) is 0 Å². The van der Waals surface area contributed by atoms with Crippen LogP contribution >= 0.6 is 0 Å². The van der Waals surface area contributed by atoms with Gasteiger partial charge in [-0.2, -0.15) is 0 Å². The Morgan fingerprint density at radius 3 is 2.42 bits per heavy atom. The number of halogens is 1. The fourth-order valence-electron chi connectivity index (χ4n) is 2.58. The van der Waals surface area contributed by atoms with Crippen molar-refractivity contribution in [2.45, 2.75) is 39.9 Å². The lowest BCUT2D eigenvalue weighted by molar-refractivity contribution is -0.00527. The standard InChI is InChI=1S/C15H20FNO2/c1-9-5-15(13(12(4)18)6-14(9)16)17-7-10(2)19-11(3)8-17/h5-6,10-11H,7-8H2,1-4H3/t10-,11+. The Kier molecular flexibility index (Phi) is 3.90. The molecule has 3 nitrogen and oxygen atoms in total. The van der Waals surface area contributed by atoms with Crippen LogP contribution in [-0.4, -0.2) is 31.1 Å². The lowest BCUT2D eigenvalue weighted by Gasteiger charge is -2.37. The van der Waals surface area contributed by atoms with Gasteiger partial charge in [0.15, 0.2) is 5.78 Å². The minimum Gasteiger partial charge on any atom is -0.372 e. The van der Waals surface area contributed by atoms with Crippen molar-refractivity contribution in [3.8, 4) is 0 Å². The third kappa shape index (κ3) is 2.95. The second kappa shape index (κ2) is 5.29. The summed E-state index contributed by atoms with van der Waals surface area (Å²) in [5.74, 6) is -0.441. The first-order valence-corrected chi connectivity index (χ1v) is 6.60. The monoisotopic (exact) mass is 265 g/mol. The van der Waals surface area contributed by atoms with Crippen LogP contribution in [0.5, 0.6) is 0 Å². The Morgan fingerprint density at radius 1 is 1.32 bits per heavy atom. The molecular weight excluding hydrogens is 245 g/mol. The topological polar surface area (TPSA) is 29.5 Å². The fourth-order valence-corrected chi connectivity index (χ4v) is 2.58. The van der Waals surface area contributed by atoms with E-state index in [1.54, 1.807) is 13.0 Å². The normalized spacial score (nSPS) is 23.5. The highest BCUT2D eigenvalue weighted by Crippen LogP contribution is 2.27. The zero-order valence-electron chi connectivity index (χ0n) is 11.9. The first kappa shape index (κ1) is 14.0. The maximum absolute atomic E-state index is 13.6. The quantitative estimate of drug-likeness (QED) is 0.770. The number of morpholine rings is 1. The summed E-state index contributed by atoms with van der Waals surface area (Å²) in [4.78, 5) is 13.8. The number of hydrogen-bond donors (Lipinski definition) is 0. The van der Waals surface area contributed by atoms with Crippen LogP contribution in [0.15, 0.2) is 12.1 Å². The van der Waals surface area contributed by atoms with E-state index >= 15 is 0 Å². The largest absolute Gasteiger partial charge is 0.372 e. The smallest absolute Gasteiger partial charge is 0.161 e. The van der Waals surface area contributed by atoms with Crippen molar-refractivity contribution in [2.24, 2.45) is 0 Å². The highest BCUT2D eigenvalue weighted by atomic mass is 19.1. The first-order chi connectivity index (χ1) is 8.88. The van der Waals surface area contributed by atoms with Gasteiger partial charge in [-0.3, -0.25) is 4.79 Å². The molecule has 0 spiro atoms. The molecule has 0 aliphatic carbocycles. The van der Waals surface area contributed by atoms with Crippen LogP contribution in [0.3, 0.4) is 0 Å². The Morgan fingerprint density at radius 2 is 1.89 bits per heavy atom. The number of ketones is 1. The van der Waals surface area contributed by atoms with Gasteiger partial charge < -0.3 is 9.64 Å². The van der Waals surface area contributed by atoms with Crippen LogP contribution in [-0.2, 0) is 4.74 Å². The average molecular weight is 265 g/mol. The molecule has 0 saturated carbocycles. The molecule has 0 amide bonds. The lowest BCUT2D eigenvalue weighted by atomic mass is 10.0. The maximum atomic E-state index is 13.6. The summed E-state index contributed by atoms with van der Waals surface area (Å²) in [7, 11) is 0. The molecule has 2 rings (SSSR count). The summed E-state index contributed by atoms with van der Waals surface area (Å²) in [6, 6.07) is 3.11. The highest BCUT2D eigenvalue weighted by molar-refractivity contribution is 6.00. The van der Waals surface area contributed by atoms with E-state index in [4.69, 9.17) is 4.74 Å². The molecule has 1 heterocycles. The molecule has 1 aromatic carbocycles. The van der Waals surface area contributed by atoms with Gasteiger partial charge in [0.2, 0.25) is 0 Å². The number of aryl methyl sites for hydroxylation is 1. The molecule has 0 N–H and O–H groups in total. The van der Waals surface area contributed by atoms with E-state index in [9.17, 15) is 9.18 Å². The van der Waals surface area contributed by atoms with E-state index in [-0.39, 0.29) is 23.8 Å². The summed E-state index contributed by atoms with van der Waals surface area (Å²) in [5, 5.41) is 0. The van der Waals surface area contributed by atoms with Gasteiger partial charge in [0.05, 0.1) is 12.2 Å². The van der Waals surface area contributed by atoms with Gasteiger partial charge in [-0.1, -0.05) is 0 Å². The molecule has 19 heavy (non-hydrogen) atoms. The second-order valence-corrected chi connectivity index (χ2v) is 5.34. The molecule has 0 bridgehead atoms.